The van der Waals surface area contributed by atoms with Gasteiger partial charge in [-0.3, -0.25) is 9.59 Å². The summed E-state index contributed by atoms with van der Waals surface area (Å²) < 4.78 is 4.43. The van der Waals surface area contributed by atoms with E-state index in [1.54, 1.807) is 0 Å². The molecule has 0 rings (SSSR count). The zero-order valence-electron chi connectivity index (χ0n) is 5.53. The molecule has 58 valence electrons. The van der Waals surface area contributed by atoms with Crippen molar-refractivity contribution in [2.24, 2.45) is 5.73 Å². The Bertz CT molecular complexity index is 148. The van der Waals surface area contributed by atoms with Crippen molar-refractivity contribution in [3.8, 4) is 0 Å². The van der Waals surface area contributed by atoms with Crippen molar-refractivity contribution >= 4 is 23.7 Å². The summed E-state index contributed by atoms with van der Waals surface area (Å²) in [7, 11) is 0. The van der Waals surface area contributed by atoms with Gasteiger partial charge in [-0.2, -0.15) is 0 Å². The molecule has 0 bridgehead atoms. The largest absolute Gasteiger partial charge is 0.464 e. The second kappa shape index (κ2) is 4.29. The van der Waals surface area contributed by atoms with Crippen molar-refractivity contribution in [3.63, 3.8) is 0 Å². The maximum absolute atomic E-state index is 10.3. The average molecular weight is 163 g/mol. The molecular formula is C5H9NO3S. The van der Waals surface area contributed by atoms with Gasteiger partial charge in [0.15, 0.2) is 0 Å². The fourth-order valence-corrected chi connectivity index (χ4v) is 0.353. The summed E-state index contributed by atoms with van der Waals surface area (Å²) in [6, 6.07) is -0.813. The van der Waals surface area contributed by atoms with Crippen LogP contribution in [0.3, 0.4) is 0 Å². The number of esters is 1. The molecule has 0 aromatic heterocycles. The number of nitrogens with two attached hydrogens (primary N) is 1. The van der Waals surface area contributed by atoms with Crippen molar-refractivity contribution in [1.82, 2.24) is 0 Å². The van der Waals surface area contributed by atoms with Gasteiger partial charge in [0.2, 0.25) is 5.12 Å². The van der Waals surface area contributed by atoms with Crippen LogP contribution in [-0.2, 0) is 14.3 Å². The minimum atomic E-state index is -0.813. The lowest BCUT2D eigenvalue weighted by Gasteiger charge is -2.05. The Morgan fingerprint density at radius 3 is 2.50 bits per heavy atom. The van der Waals surface area contributed by atoms with E-state index >= 15 is 0 Å². The highest BCUT2D eigenvalue weighted by Gasteiger charge is 2.09. The van der Waals surface area contributed by atoms with Crippen molar-refractivity contribution < 1.29 is 14.3 Å². The lowest BCUT2D eigenvalue weighted by molar-refractivity contribution is -0.141. The SMILES string of the molecule is CC(=O)OC[C@H](N)C(=O)S. The molecule has 0 radical (unpaired) electrons. The summed E-state index contributed by atoms with van der Waals surface area (Å²) in [4.78, 5) is 20.5. The molecule has 0 aliphatic carbocycles. The van der Waals surface area contributed by atoms with Crippen molar-refractivity contribution in [3.05, 3.63) is 0 Å². The van der Waals surface area contributed by atoms with Crippen molar-refractivity contribution in [1.29, 1.82) is 0 Å². The molecule has 0 aliphatic heterocycles. The number of carbonyl (C=O) groups excluding carboxylic acids is 2. The highest BCUT2D eigenvalue weighted by atomic mass is 32.1. The second-order valence-electron chi connectivity index (χ2n) is 1.75. The van der Waals surface area contributed by atoms with Crippen LogP contribution in [0.25, 0.3) is 0 Å². The van der Waals surface area contributed by atoms with E-state index in [0.717, 1.165) is 0 Å². The van der Waals surface area contributed by atoms with E-state index in [9.17, 15) is 9.59 Å². The Morgan fingerprint density at radius 1 is 1.70 bits per heavy atom. The van der Waals surface area contributed by atoms with Crippen molar-refractivity contribution in [2.45, 2.75) is 13.0 Å². The van der Waals surface area contributed by atoms with Gasteiger partial charge in [-0.1, -0.05) is 0 Å². The molecule has 0 saturated heterocycles. The molecule has 0 saturated carbocycles. The van der Waals surface area contributed by atoms with Gasteiger partial charge >= 0.3 is 5.97 Å². The van der Waals surface area contributed by atoms with Crippen LogP contribution in [0.1, 0.15) is 6.92 Å². The summed E-state index contributed by atoms with van der Waals surface area (Å²) in [6.07, 6.45) is 0. The molecule has 2 N–H and O–H groups in total. The average Bonchev–Trinajstić information content (AvgIpc) is 1.82. The Labute approximate surface area is 64.1 Å². The first kappa shape index (κ1) is 9.45. The predicted octanol–water partition coefficient (Wildman–Crippen LogP) is -0.667. The van der Waals surface area contributed by atoms with Crippen LogP contribution in [-0.4, -0.2) is 23.7 Å². The molecule has 1 atom stereocenters. The standard InChI is InChI=1S/C5H9NO3S/c1-3(7)9-2-4(6)5(8)10/h4H,2,6H2,1H3,(H,8,10)/t4-/m0/s1. The Kier molecular flexibility index (Phi) is 4.06. The quantitative estimate of drug-likeness (QED) is 0.428. The third-order valence-electron chi connectivity index (χ3n) is 0.783. The van der Waals surface area contributed by atoms with Gasteiger partial charge < -0.3 is 10.5 Å². The zero-order chi connectivity index (χ0) is 8.15. The summed E-state index contributed by atoms with van der Waals surface area (Å²) in [5, 5.41) is -0.485. The first-order valence-electron chi connectivity index (χ1n) is 2.65. The number of rotatable bonds is 3. The molecule has 10 heavy (non-hydrogen) atoms. The molecular weight excluding hydrogens is 154 g/mol. The van der Waals surface area contributed by atoms with Crippen molar-refractivity contribution in [2.75, 3.05) is 6.61 Å². The number of hydrogen-bond acceptors (Lipinski definition) is 4. The van der Waals surface area contributed by atoms with Gasteiger partial charge in [-0.05, 0) is 0 Å². The fraction of sp³-hybridized carbons (Fsp3) is 0.600. The topological polar surface area (TPSA) is 69.4 Å². The van der Waals surface area contributed by atoms with Crippen LogP contribution < -0.4 is 5.73 Å². The molecule has 4 nitrogen and oxygen atoms in total. The van der Waals surface area contributed by atoms with E-state index in [0.29, 0.717) is 0 Å². The van der Waals surface area contributed by atoms with Crippen LogP contribution in [0, 0.1) is 0 Å². The van der Waals surface area contributed by atoms with Crippen LogP contribution in [0.4, 0.5) is 0 Å². The third kappa shape index (κ3) is 4.34. The lowest BCUT2D eigenvalue weighted by Crippen LogP contribution is -2.32. The molecule has 0 spiro atoms. The number of thiol groups is 1. The Hall–Kier alpha value is -0.550. The minimum Gasteiger partial charge on any atom is -0.464 e. The number of ether oxygens (including phenoxy) is 1. The first-order chi connectivity index (χ1) is 4.54. The van der Waals surface area contributed by atoms with E-state index in [1.807, 2.05) is 0 Å². The highest BCUT2D eigenvalue weighted by Crippen LogP contribution is 1.88. The molecule has 0 heterocycles. The molecule has 5 heteroatoms. The monoisotopic (exact) mass is 163 g/mol. The summed E-state index contributed by atoms with van der Waals surface area (Å²) in [6.45, 7) is 1.15. The van der Waals surface area contributed by atoms with E-state index in [-0.39, 0.29) is 6.61 Å². The maximum atomic E-state index is 10.3. The number of hydrogen-bond donors (Lipinski definition) is 2. The van der Waals surface area contributed by atoms with Gasteiger partial charge in [0, 0.05) is 6.92 Å². The van der Waals surface area contributed by atoms with E-state index < -0.39 is 17.1 Å². The normalized spacial score (nSPS) is 12.3. The highest BCUT2D eigenvalue weighted by molar-refractivity contribution is 7.96. The summed E-state index contributed by atoms with van der Waals surface area (Å²) in [5.41, 5.74) is 5.16. The predicted molar refractivity (Wildman–Crippen MR) is 38.6 cm³/mol. The first-order valence-corrected chi connectivity index (χ1v) is 3.10. The van der Waals surface area contributed by atoms with Gasteiger partial charge in [-0.25, -0.2) is 0 Å². The van der Waals surface area contributed by atoms with Gasteiger partial charge in [-0.15, -0.1) is 12.6 Å². The summed E-state index contributed by atoms with van der Waals surface area (Å²) in [5.74, 6) is -0.454. The molecule has 0 aromatic rings. The van der Waals surface area contributed by atoms with Gasteiger partial charge in [0.05, 0.1) is 0 Å². The molecule has 0 unspecified atom stereocenters. The second-order valence-corrected chi connectivity index (χ2v) is 2.19. The molecule has 0 aliphatic rings. The smallest absolute Gasteiger partial charge is 0.302 e. The Balaban J connectivity index is 3.49. The van der Waals surface area contributed by atoms with Gasteiger partial charge in [0.25, 0.3) is 0 Å². The molecule has 0 aromatic carbocycles. The Morgan fingerprint density at radius 2 is 2.20 bits per heavy atom. The lowest BCUT2D eigenvalue weighted by atomic mass is 10.4. The summed E-state index contributed by atoms with van der Waals surface area (Å²) >= 11 is 3.44. The van der Waals surface area contributed by atoms with Gasteiger partial charge in [0.1, 0.15) is 12.6 Å². The molecule has 0 amide bonds. The van der Waals surface area contributed by atoms with Crippen LogP contribution in [0.15, 0.2) is 0 Å². The van der Waals surface area contributed by atoms with Crippen LogP contribution >= 0.6 is 12.6 Å². The molecule has 0 fully saturated rings. The van der Waals surface area contributed by atoms with E-state index in [1.165, 1.54) is 6.92 Å². The maximum Gasteiger partial charge on any atom is 0.302 e. The van der Waals surface area contributed by atoms with E-state index in [2.05, 4.69) is 17.4 Å². The van der Waals surface area contributed by atoms with Crippen LogP contribution in [0.5, 0.6) is 0 Å². The third-order valence-corrected chi connectivity index (χ3v) is 1.11. The number of carbonyl (C=O) groups is 2. The zero-order valence-corrected chi connectivity index (χ0v) is 6.43. The fourth-order valence-electron chi connectivity index (χ4n) is 0.278. The van der Waals surface area contributed by atoms with Crippen LogP contribution in [0.2, 0.25) is 0 Å². The minimum absolute atomic E-state index is 0.0995. The van der Waals surface area contributed by atoms with E-state index in [4.69, 9.17) is 5.73 Å².